The number of halogens is 2. The largest absolute Gasteiger partial charge is 0.496 e. The molecule has 276 valence electrons. The third-order valence-corrected chi connectivity index (χ3v) is 11.7. The van der Waals surface area contributed by atoms with Gasteiger partial charge in [0.25, 0.3) is 5.91 Å². The van der Waals surface area contributed by atoms with Crippen LogP contribution in [0.4, 0.5) is 5.69 Å². The van der Waals surface area contributed by atoms with Crippen molar-refractivity contribution in [1.29, 1.82) is 0 Å². The molecule has 0 spiro atoms. The van der Waals surface area contributed by atoms with E-state index in [1.54, 1.807) is 29.7 Å². The number of carboxylic acid groups (broad SMARTS) is 1. The van der Waals surface area contributed by atoms with Crippen LogP contribution in [0.1, 0.15) is 74.0 Å². The fourth-order valence-corrected chi connectivity index (χ4v) is 8.55. The molecule has 0 unspecified atom stereocenters. The Morgan fingerprint density at radius 2 is 1.68 bits per heavy atom. The number of hydrogen-bond acceptors (Lipinski definition) is 5. The van der Waals surface area contributed by atoms with Crippen molar-refractivity contribution in [3.05, 3.63) is 91.5 Å². The van der Waals surface area contributed by atoms with Crippen LogP contribution in [0.2, 0.25) is 10.0 Å². The minimum atomic E-state index is -1.05. The summed E-state index contributed by atoms with van der Waals surface area (Å²) in [6.07, 6.45) is 1.20. The molecule has 4 heterocycles. The molecule has 1 aliphatic heterocycles. The number of aromatic carboxylic acids is 1. The van der Waals surface area contributed by atoms with Gasteiger partial charge in [0.1, 0.15) is 22.9 Å². The Morgan fingerprint density at radius 3 is 2.30 bits per heavy atom. The van der Waals surface area contributed by atoms with Crippen LogP contribution in [0.3, 0.4) is 0 Å². The van der Waals surface area contributed by atoms with E-state index in [4.69, 9.17) is 37.8 Å². The molecule has 0 saturated heterocycles. The number of fused-ring (bicyclic) bond motifs is 4. The number of hydrogen-bond donors (Lipinski definition) is 1. The number of rotatable bonds is 9. The maximum atomic E-state index is 15.2. The van der Waals surface area contributed by atoms with Gasteiger partial charge >= 0.3 is 5.97 Å². The van der Waals surface area contributed by atoms with Crippen molar-refractivity contribution < 1.29 is 24.2 Å². The van der Waals surface area contributed by atoms with Gasteiger partial charge in [0.15, 0.2) is 0 Å². The van der Waals surface area contributed by atoms with Crippen LogP contribution in [0, 0.1) is 34.6 Å². The van der Waals surface area contributed by atoms with Crippen molar-refractivity contribution in [2.24, 2.45) is 14.1 Å². The topological polar surface area (TPSA) is 104 Å². The van der Waals surface area contributed by atoms with Crippen LogP contribution in [0.5, 0.6) is 11.5 Å². The monoisotopic (exact) mass is 755 g/mol. The third kappa shape index (κ3) is 5.74. The molecule has 7 rings (SSSR count). The molecule has 1 N–H and O–H groups in total. The molecular weight excluding hydrogens is 713 g/mol. The van der Waals surface area contributed by atoms with Crippen LogP contribution in [0.25, 0.3) is 32.9 Å². The van der Waals surface area contributed by atoms with Gasteiger partial charge in [0, 0.05) is 70.9 Å². The number of nitrogens with zero attached hydrogens (tertiary/aromatic N) is 5. The summed E-state index contributed by atoms with van der Waals surface area (Å²) in [5.41, 5.74) is 10.1. The first-order chi connectivity index (χ1) is 25.2. The highest BCUT2D eigenvalue weighted by molar-refractivity contribution is 6.35. The molecule has 0 bridgehead atoms. The highest BCUT2D eigenvalue weighted by Gasteiger charge is 2.38. The summed E-state index contributed by atoms with van der Waals surface area (Å²) in [7, 11) is 5.22. The lowest BCUT2D eigenvalue weighted by Gasteiger charge is -2.35. The van der Waals surface area contributed by atoms with Crippen LogP contribution in [-0.2, 0) is 20.5 Å². The van der Waals surface area contributed by atoms with E-state index in [1.165, 1.54) is 0 Å². The summed E-state index contributed by atoms with van der Waals surface area (Å²) in [5, 5.41) is 17.7. The average Bonchev–Trinajstić information content (AvgIpc) is 3.72. The number of anilines is 1. The molecule has 0 aliphatic carbocycles. The van der Waals surface area contributed by atoms with E-state index < -0.39 is 5.97 Å². The zero-order chi connectivity index (χ0) is 38.2. The van der Waals surface area contributed by atoms with Crippen molar-refractivity contribution in [1.82, 2.24) is 18.9 Å². The predicted octanol–water partition coefficient (Wildman–Crippen LogP) is 9.32. The number of carbonyl (C=O) groups is 2. The molecule has 0 saturated carbocycles. The van der Waals surface area contributed by atoms with E-state index in [2.05, 4.69) is 11.5 Å². The van der Waals surface area contributed by atoms with Crippen molar-refractivity contribution in [2.45, 2.75) is 60.4 Å². The van der Waals surface area contributed by atoms with Gasteiger partial charge in [0.05, 0.1) is 41.2 Å². The highest BCUT2D eigenvalue weighted by Crippen LogP contribution is 2.46. The lowest BCUT2D eigenvalue weighted by molar-refractivity contribution is 0.0687. The SMILES string of the molecule is COc1cc(N2C[C@@H](C)n3c(c(CCCOc4cc(C)c(Cl)c(C)c4)c4ccc(Cl)c(-c5c(C)nn(C)c5C)c43)C2=O)c2c(cc(C(=O)O)n2C)c1C. The predicted molar refractivity (Wildman–Crippen MR) is 211 cm³/mol. The third-order valence-electron chi connectivity index (χ3n) is 10.8. The first kappa shape index (κ1) is 36.4. The molecule has 53 heavy (non-hydrogen) atoms. The quantitative estimate of drug-likeness (QED) is 0.148. The van der Waals surface area contributed by atoms with Gasteiger partial charge in [-0.3, -0.25) is 9.48 Å². The van der Waals surface area contributed by atoms with Crippen LogP contribution >= 0.6 is 23.2 Å². The number of amides is 1. The Kier molecular flexibility index (Phi) is 9.27. The van der Waals surface area contributed by atoms with E-state index in [1.807, 2.05) is 76.7 Å². The van der Waals surface area contributed by atoms with Gasteiger partial charge < -0.3 is 28.6 Å². The molecule has 6 aromatic rings. The lowest BCUT2D eigenvalue weighted by atomic mass is 9.98. The van der Waals surface area contributed by atoms with Gasteiger partial charge in [0.2, 0.25) is 0 Å². The molecule has 0 fully saturated rings. The first-order valence-corrected chi connectivity index (χ1v) is 18.4. The van der Waals surface area contributed by atoms with Gasteiger partial charge in [-0.15, -0.1) is 0 Å². The average molecular weight is 757 g/mol. The van der Waals surface area contributed by atoms with E-state index in [0.29, 0.717) is 59.0 Å². The van der Waals surface area contributed by atoms with Crippen molar-refractivity contribution >= 4 is 62.6 Å². The summed E-state index contributed by atoms with van der Waals surface area (Å²) in [6.45, 7) is 12.7. The Morgan fingerprint density at radius 1 is 0.981 bits per heavy atom. The molecule has 1 aliphatic rings. The number of benzene rings is 3. The maximum absolute atomic E-state index is 15.2. The normalized spacial score (nSPS) is 14.4. The molecule has 3 aromatic heterocycles. The van der Waals surface area contributed by atoms with E-state index in [-0.39, 0.29) is 17.6 Å². The molecule has 1 atom stereocenters. The second kappa shape index (κ2) is 13.5. The summed E-state index contributed by atoms with van der Waals surface area (Å²) < 4.78 is 17.7. The Hall–Kier alpha value is -4.93. The number of carboxylic acids is 1. The maximum Gasteiger partial charge on any atom is 0.352 e. The number of methoxy groups -OCH3 is 1. The van der Waals surface area contributed by atoms with Gasteiger partial charge in [-0.1, -0.05) is 29.3 Å². The second-order valence-corrected chi connectivity index (χ2v) is 14.9. The van der Waals surface area contributed by atoms with Crippen LogP contribution < -0.4 is 14.4 Å². The van der Waals surface area contributed by atoms with Crippen molar-refractivity contribution in [3.8, 4) is 22.6 Å². The number of aryl methyl sites for hydroxylation is 7. The fraction of sp³-hybridized carbons (Fsp3) is 0.341. The standard InChI is InChI=1S/C41H43Cl2N5O5/c1-20-15-26(16-21(2)36(20)43)53-14-10-11-27-28-12-13-30(42)35(34-24(5)44-46(8)25(34)6)38(28)48-22(3)19-47(40(49)39(27)48)31-18-33(52-9)23(4)29-17-32(41(50)51)45(7)37(29)31/h12-13,15-18,22H,10-11,14,19H2,1-9H3,(H,50,51)/t22-/m1/s1. The fourth-order valence-electron chi connectivity index (χ4n) is 8.19. The molecule has 1 amide bonds. The number of ether oxygens (including phenoxy) is 2. The van der Waals surface area contributed by atoms with E-state index >= 15 is 4.79 Å². The zero-order valence-corrected chi connectivity index (χ0v) is 33.0. The number of aromatic nitrogens is 4. The molecular formula is C41H43Cl2N5O5. The lowest BCUT2D eigenvalue weighted by Crippen LogP contribution is -2.43. The van der Waals surface area contributed by atoms with Gasteiger partial charge in [-0.2, -0.15) is 5.10 Å². The Bertz CT molecular complexity index is 2490. The summed E-state index contributed by atoms with van der Waals surface area (Å²) in [6, 6.07) is 11.1. The summed E-state index contributed by atoms with van der Waals surface area (Å²) in [4.78, 5) is 29.3. The molecule has 10 nitrogen and oxygen atoms in total. The minimum Gasteiger partial charge on any atom is -0.496 e. The molecule has 0 radical (unpaired) electrons. The smallest absolute Gasteiger partial charge is 0.352 e. The zero-order valence-electron chi connectivity index (χ0n) is 31.4. The van der Waals surface area contributed by atoms with Gasteiger partial charge in [-0.05, 0) is 95.3 Å². The molecule has 12 heteroatoms. The summed E-state index contributed by atoms with van der Waals surface area (Å²) >= 11 is 13.5. The van der Waals surface area contributed by atoms with Gasteiger partial charge in [-0.25, -0.2) is 4.79 Å². The van der Waals surface area contributed by atoms with E-state index in [0.717, 1.165) is 66.4 Å². The minimum absolute atomic E-state index is 0.123. The number of carbonyl (C=O) groups excluding carboxylic acids is 1. The second-order valence-electron chi connectivity index (χ2n) is 14.2. The molecule has 3 aromatic carbocycles. The van der Waals surface area contributed by atoms with Crippen LogP contribution in [-0.4, -0.2) is 56.2 Å². The van der Waals surface area contributed by atoms with Crippen molar-refractivity contribution in [3.63, 3.8) is 0 Å². The Labute approximate surface area is 318 Å². The first-order valence-electron chi connectivity index (χ1n) is 17.6. The Balaban J connectivity index is 1.41. The van der Waals surface area contributed by atoms with Crippen LogP contribution in [0.15, 0.2) is 36.4 Å². The summed E-state index contributed by atoms with van der Waals surface area (Å²) in [5.74, 6) is 0.0842. The van der Waals surface area contributed by atoms with E-state index in [9.17, 15) is 9.90 Å². The van der Waals surface area contributed by atoms with Crippen molar-refractivity contribution in [2.75, 3.05) is 25.2 Å². The highest BCUT2D eigenvalue weighted by atomic mass is 35.5.